The first-order valence-corrected chi connectivity index (χ1v) is 10.6. The highest BCUT2D eigenvalue weighted by Crippen LogP contribution is 2.34. The zero-order chi connectivity index (χ0) is 21.7. The quantitative estimate of drug-likeness (QED) is 0.594. The maximum atomic E-state index is 12.7. The molecule has 156 valence electrons. The number of thioether (sulfide) groups is 1. The summed E-state index contributed by atoms with van der Waals surface area (Å²) in [6, 6.07) is 13.9. The van der Waals surface area contributed by atoms with E-state index in [1.54, 1.807) is 30.3 Å². The first kappa shape index (κ1) is 21.9. The van der Waals surface area contributed by atoms with Gasteiger partial charge < -0.3 is 10.1 Å². The largest absolute Gasteiger partial charge is 0.490 e. The maximum Gasteiger partial charge on any atom is 0.294 e. The molecule has 1 aliphatic rings. The zero-order valence-electron chi connectivity index (χ0n) is 16.6. The lowest BCUT2D eigenvalue weighted by Gasteiger charge is -2.15. The normalized spacial score (nSPS) is 16.1. The second-order valence-corrected chi connectivity index (χ2v) is 8.13. The van der Waals surface area contributed by atoms with E-state index in [9.17, 15) is 14.4 Å². The number of rotatable bonds is 7. The van der Waals surface area contributed by atoms with E-state index in [2.05, 4.69) is 5.32 Å². The van der Waals surface area contributed by atoms with Crippen molar-refractivity contribution in [2.24, 2.45) is 0 Å². The number of nitrogens with zero attached hydrogens (tertiary/aromatic N) is 1. The number of para-hydroxylation sites is 1. The van der Waals surface area contributed by atoms with Gasteiger partial charge in [0.25, 0.3) is 11.1 Å². The second kappa shape index (κ2) is 9.82. The number of amides is 3. The van der Waals surface area contributed by atoms with Crippen LogP contribution in [-0.4, -0.2) is 34.6 Å². The standard InChI is InChI=1S/C22H21ClN2O4S/c1-3-14(2)29-18-10-5-4-7-15(18)11-19-21(27)25(22(28)30-19)13-20(26)24-17-9-6-8-16(23)12-17/h4-12,14H,3,13H2,1-2H3,(H,24,26)/b19-11+/t14-/m1/s1. The van der Waals surface area contributed by atoms with Gasteiger partial charge in [-0.15, -0.1) is 0 Å². The van der Waals surface area contributed by atoms with Gasteiger partial charge in [-0.1, -0.05) is 42.8 Å². The number of hydrogen-bond acceptors (Lipinski definition) is 5. The fourth-order valence-corrected chi connectivity index (χ4v) is 3.71. The van der Waals surface area contributed by atoms with Crippen molar-refractivity contribution in [1.29, 1.82) is 0 Å². The average molecular weight is 445 g/mol. The van der Waals surface area contributed by atoms with E-state index in [1.807, 2.05) is 38.1 Å². The lowest BCUT2D eigenvalue weighted by Crippen LogP contribution is -2.36. The first-order chi connectivity index (χ1) is 14.4. The van der Waals surface area contributed by atoms with Gasteiger partial charge in [0.05, 0.1) is 11.0 Å². The van der Waals surface area contributed by atoms with Crippen molar-refractivity contribution in [3.63, 3.8) is 0 Å². The Morgan fingerprint density at radius 2 is 2.00 bits per heavy atom. The third-order valence-corrected chi connectivity index (χ3v) is 5.53. The fourth-order valence-electron chi connectivity index (χ4n) is 2.70. The Labute approximate surface area is 184 Å². The van der Waals surface area contributed by atoms with Crippen LogP contribution in [0.3, 0.4) is 0 Å². The van der Waals surface area contributed by atoms with Gasteiger partial charge in [0, 0.05) is 16.3 Å². The summed E-state index contributed by atoms with van der Waals surface area (Å²) >= 11 is 6.71. The molecule has 6 nitrogen and oxygen atoms in total. The van der Waals surface area contributed by atoms with Gasteiger partial charge in [-0.25, -0.2) is 0 Å². The number of carbonyl (C=O) groups is 3. The molecule has 0 radical (unpaired) electrons. The van der Waals surface area contributed by atoms with Gasteiger partial charge >= 0.3 is 0 Å². The minimum absolute atomic E-state index is 0.0183. The molecule has 1 fully saturated rings. The van der Waals surface area contributed by atoms with E-state index in [-0.39, 0.29) is 17.6 Å². The molecule has 0 spiro atoms. The van der Waals surface area contributed by atoms with Crippen molar-refractivity contribution in [1.82, 2.24) is 4.90 Å². The molecular weight excluding hydrogens is 424 g/mol. The summed E-state index contributed by atoms with van der Waals surface area (Å²) in [6.45, 7) is 3.61. The van der Waals surface area contributed by atoms with Crippen LogP contribution in [0.5, 0.6) is 5.75 Å². The molecule has 1 aliphatic heterocycles. The van der Waals surface area contributed by atoms with Crippen LogP contribution in [-0.2, 0) is 9.59 Å². The number of ether oxygens (including phenoxy) is 1. The van der Waals surface area contributed by atoms with Crippen LogP contribution in [0.4, 0.5) is 10.5 Å². The Bertz CT molecular complexity index is 1010. The lowest BCUT2D eigenvalue weighted by atomic mass is 10.1. The predicted octanol–water partition coefficient (Wildman–Crippen LogP) is 5.19. The topological polar surface area (TPSA) is 75.7 Å². The Morgan fingerprint density at radius 3 is 2.73 bits per heavy atom. The van der Waals surface area contributed by atoms with E-state index in [0.29, 0.717) is 22.0 Å². The summed E-state index contributed by atoms with van der Waals surface area (Å²) in [6.07, 6.45) is 2.48. The zero-order valence-corrected chi connectivity index (χ0v) is 18.1. The molecule has 0 unspecified atom stereocenters. The molecule has 3 rings (SSSR count). The van der Waals surface area contributed by atoms with E-state index in [1.165, 1.54) is 0 Å². The highest BCUT2D eigenvalue weighted by atomic mass is 35.5. The minimum atomic E-state index is -0.510. The molecule has 8 heteroatoms. The maximum absolute atomic E-state index is 12.7. The summed E-state index contributed by atoms with van der Waals surface area (Å²) in [5.74, 6) is -0.358. The number of anilines is 1. The van der Waals surface area contributed by atoms with Crippen LogP contribution in [0.15, 0.2) is 53.4 Å². The third-order valence-electron chi connectivity index (χ3n) is 4.39. The molecule has 0 aromatic heterocycles. The summed E-state index contributed by atoms with van der Waals surface area (Å²) in [7, 11) is 0. The first-order valence-electron chi connectivity index (χ1n) is 9.44. The molecule has 1 saturated heterocycles. The minimum Gasteiger partial charge on any atom is -0.490 e. The van der Waals surface area contributed by atoms with Gasteiger partial charge in [-0.3, -0.25) is 19.3 Å². The van der Waals surface area contributed by atoms with Gasteiger partial charge in [0.2, 0.25) is 5.91 Å². The van der Waals surface area contributed by atoms with Gasteiger partial charge in [0.15, 0.2) is 0 Å². The molecule has 3 amide bonds. The van der Waals surface area contributed by atoms with E-state index < -0.39 is 17.1 Å². The van der Waals surface area contributed by atoms with Crippen molar-refractivity contribution < 1.29 is 19.1 Å². The third kappa shape index (κ3) is 5.43. The van der Waals surface area contributed by atoms with E-state index in [4.69, 9.17) is 16.3 Å². The monoisotopic (exact) mass is 444 g/mol. The van der Waals surface area contributed by atoms with Gasteiger partial charge in [-0.05, 0) is 55.4 Å². The van der Waals surface area contributed by atoms with Crippen LogP contribution in [0.1, 0.15) is 25.8 Å². The average Bonchev–Trinajstić information content (AvgIpc) is 2.96. The molecule has 1 heterocycles. The molecule has 30 heavy (non-hydrogen) atoms. The van der Waals surface area contributed by atoms with Crippen LogP contribution < -0.4 is 10.1 Å². The highest BCUT2D eigenvalue weighted by Gasteiger charge is 2.36. The summed E-state index contributed by atoms with van der Waals surface area (Å²) in [5, 5.41) is 2.61. The van der Waals surface area contributed by atoms with Crippen molar-refractivity contribution in [3.05, 3.63) is 64.0 Å². The Kier molecular flexibility index (Phi) is 7.18. The van der Waals surface area contributed by atoms with Crippen LogP contribution in [0, 0.1) is 0 Å². The smallest absolute Gasteiger partial charge is 0.294 e. The molecule has 2 aromatic rings. The van der Waals surface area contributed by atoms with Crippen molar-refractivity contribution in [2.45, 2.75) is 26.4 Å². The molecule has 1 atom stereocenters. The fraction of sp³-hybridized carbons (Fsp3) is 0.227. The van der Waals surface area contributed by atoms with Gasteiger partial charge in [0.1, 0.15) is 12.3 Å². The summed E-state index contributed by atoms with van der Waals surface area (Å²) < 4.78 is 5.90. The predicted molar refractivity (Wildman–Crippen MR) is 120 cm³/mol. The van der Waals surface area contributed by atoms with E-state index >= 15 is 0 Å². The van der Waals surface area contributed by atoms with Crippen LogP contribution >= 0.6 is 23.4 Å². The second-order valence-electron chi connectivity index (χ2n) is 6.70. The number of hydrogen-bond donors (Lipinski definition) is 1. The number of benzene rings is 2. The van der Waals surface area contributed by atoms with Crippen LogP contribution in [0.2, 0.25) is 5.02 Å². The Hall–Kier alpha value is -2.77. The van der Waals surface area contributed by atoms with Crippen molar-refractivity contribution >= 4 is 52.2 Å². The molecule has 0 bridgehead atoms. The molecule has 0 aliphatic carbocycles. The highest BCUT2D eigenvalue weighted by molar-refractivity contribution is 8.18. The number of nitrogens with one attached hydrogen (secondary N) is 1. The van der Waals surface area contributed by atoms with Crippen molar-refractivity contribution in [2.75, 3.05) is 11.9 Å². The number of imide groups is 1. The SMILES string of the molecule is CC[C@@H](C)Oc1ccccc1/C=C1/SC(=O)N(CC(=O)Nc2cccc(Cl)c2)C1=O. The Balaban J connectivity index is 1.72. The lowest BCUT2D eigenvalue weighted by molar-refractivity contribution is -0.127. The summed E-state index contributed by atoms with van der Waals surface area (Å²) in [5.41, 5.74) is 1.19. The molecule has 2 aromatic carbocycles. The number of halogens is 1. The number of carbonyl (C=O) groups excluding carboxylic acids is 3. The molecule has 1 N–H and O–H groups in total. The molecular formula is C22H21ClN2O4S. The Morgan fingerprint density at radius 1 is 1.23 bits per heavy atom. The van der Waals surface area contributed by atoms with Crippen LogP contribution in [0.25, 0.3) is 6.08 Å². The molecule has 0 saturated carbocycles. The van der Waals surface area contributed by atoms with Gasteiger partial charge in [-0.2, -0.15) is 0 Å². The summed E-state index contributed by atoms with van der Waals surface area (Å²) in [4.78, 5) is 38.5. The van der Waals surface area contributed by atoms with Crippen molar-refractivity contribution in [3.8, 4) is 5.75 Å². The van der Waals surface area contributed by atoms with E-state index in [0.717, 1.165) is 23.1 Å².